The average molecular weight is 401 g/mol. The van der Waals surface area contributed by atoms with Gasteiger partial charge in [0.15, 0.2) is 0 Å². The number of hydrogen-bond acceptors (Lipinski definition) is 5. The monoisotopic (exact) mass is 401 g/mol. The molecule has 0 atom stereocenters. The number of hydrogen-bond donors (Lipinski definition) is 2. The number of rotatable bonds is 5. The molecule has 4 aromatic rings. The molecular formula is C23H20FN5O. The molecular weight excluding hydrogens is 381 g/mol. The zero-order valence-electron chi connectivity index (χ0n) is 16.2. The molecule has 30 heavy (non-hydrogen) atoms. The summed E-state index contributed by atoms with van der Waals surface area (Å²) in [5.74, 6) is 0.0979. The highest BCUT2D eigenvalue weighted by molar-refractivity contribution is 5.94. The number of aromatic amines is 1. The molecule has 6 nitrogen and oxygen atoms in total. The lowest BCUT2D eigenvalue weighted by molar-refractivity contribution is 0.292. The van der Waals surface area contributed by atoms with Crippen LogP contribution in [-0.4, -0.2) is 33.0 Å². The van der Waals surface area contributed by atoms with Crippen LogP contribution in [0, 0.1) is 5.82 Å². The van der Waals surface area contributed by atoms with E-state index in [9.17, 15) is 4.39 Å². The van der Waals surface area contributed by atoms with Crippen LogP contribution in [0.4, 0.5) is 4.39 Å². The summed E-state index contributed by atoms with van der Waals surface area (Å²) in [6.45, 7) is 2.07. The maximum absolute atomic E-state index is 13.4. The van der Waals surface area contributed by atoms with Crippen LogP contribution in [0.25, 0.3) is 27.9 Å². The van der Waals surface area contributed by atoms with E-state index in [1.807, 2.05) is 12.1 Å². The van der Waals surface area contributed by atoms with Crippen molar-refractivity contribution in [3.63, 3.8) is 0 Å². The van der Waals surface area contributed by atoms with E-state index in [0.29, 0.717) is 11.6 Å². The van der Waals surface area contributed by atoms with Gasteiger partial charge in [-0.05, 0) is 48.4 Å². The Balaban J connectivity index is 1.44. The first-order valence-corrected chi connectivity index (χ1v) is 9.84. The number of ether oxygens (including phenoxy) is 1. The Morgan fingerprint density at radius 3 is 2.97 bits per heavy atom. The van der Waals surface area contributed by atoms with Crippen LogP contribution in [0.1, 0.15) is 17.7 Å². The topological polar surface area (TPSA) is 75.7 Å². The predicted molar refractivity (Wildman–Crippen MR) is 113 cm³/mol. The van der Waals surface area contributed by atoms with Gasteiger partial charge in [-0.3, -0.25) is 4.98 Å². The molecule has 0 bridgehead atoms. The Bertz CT molecular complexity index is 1230. The molecule has 0 aliphatic carbocycles. The quantitative estimate of drug-likeness (QED) is 0.526. The summed E-state index contributed by atoms with van der Waals surface area (Å²) < 4.78 is 19.1. The summed E-state index contributed by atoms with van der Waals surface area (Å²) in [7, 11) is 0. The van der Waals surface area contributed by atoms with Gasteiger partial charge in [-0.1, -0.05) is 18.2 Å². The first-order valence-electron chi connectivity index (χ1n) is 9.84. The molecule has 0 amide bonds. The van der Waals surface area contributed by atoms with Gasteiger partial charge in [0.05, 0.1) is 18.1 Å². The molecule has 1 aliphatic rings. The average Bonchev–Trinajstić information content (AvgIpc) is 3.23. The molecule has 0 radical (unpaired) electrons. The fourth-order valence-corrected chi connectivity index (χ4v) is 3.62. The van der Waals surface area contributed by atoms with Crippen molar-refractivity contribution in [1.29, 1.82) is 0 Å². The Labute approximate surface area is 172 Å². The third-order valence-electron chi connectivity index (χ3n) is 5.11. The highest BCUT2D eigenvalue weighted by atomic mass is 19.1. The largest absolute Gasteiger partial charge is 0.472 e. The van der Waals surface area contributed by atoms with E-state index in [0.717, 1.165) is 47.4 Å². The summed E-state index contributed by atoms with van der Waals surface area (Å²) >= 11 is 0. The van der Waals surface area contributed by atoms with Gasteiger partial charge in [0.2, 0.25) is 5.88 Å². The molecule has 0 fully saturated rings. The van der Waals surface area contributed by atoms with Crippen molar-refractivity contribution >= 4 is 16.6 Å². The van der Waals surface area contributed by atoms with Crippen molar-refractivity contribution in [2.24, 2.45) is 0 Å². The van der Waals surface area contributed by atoms with Crippen LogP contribution in [0.3, 0.4) is 0 Å². The van der Waals surface area contributed by atoms with Crippen molar-refractivity contribution in [2.75, 3.05) is 13.1 Å². The van der Waals surface area contributed by atoms with E-state index < -0.39 is 0 Å². The molecule has 0 spiro atoms. The van der Waals surface area contributed by atoms with E-state index in [-0.39, 0.29) is 12.4 Å². The van der Waals surface area contributed by atoms with Gasteiger partial charge in [0.25, 0.3) is 0 Å². The van der Waals surface area contributed by atoms with E-state index in [4.69, 9.17) is 4.74 Å². The molecule has 0 saturated carbocycles. The lowest BCUT2D eigenvalue weighted by atomic mass is 10.0. The third-order valence-corrected chi connectivity index (χ3v) is 5.11. The lowest BCUT2D eigenvalue weighted by Crippen LogP contribution is -2.20. The van der Waals surface area contributed by atoms with E-state index >= 15 is 0 Å². The van der Waals surface area contributed by atoms with Gasteiger partial charge in [0.1, 0.15) is 18.1 Å². The number of benzene rings is 1. The zero-order valence-corrected chi connectivity index (χ0v) is 16.2. The molecule has 150 valence electrons. The number of halogens is 1. The molecule has 1 aromatic carbocycles. The molecule has 2 N–H and O–H groups in total. The van der Waals surface area contributed by atoms with Gasteiger partial charge in [-0.15, -0.1) is 0 Å². The Morgan fingerprint density at radius 2 is 2.10 bits per heavy atom. The van der Waals surface area contributed by atoms with Crippen molar-refractivity contribution in [1.82, 2.24) is 25.3 Å². The molecule has 0 saturated heterocycles. The third kappa shape index (κ3) is 3.79. The minimum absolute atomic E-state index is 0.220. The first-order chi connectivity index (χ1) is 14.8. The van der Waals surface area contributed by atoms with Crippen LogP contribution in [-0.2, 0) is 6.61 Å². The van der Waals surface area contributed by atoms with E-state index in [1.165, 1.54) is 17.7 Å². The summed E-state index contributed by atoms with van der Waals surface area (Å²) in [5.41, 5.74) is 5.55. The second-order valence-electron chi connectivity index (χ2n) is 7.15. The Morgan fingerprint density at radius 1 is 1.13 bits per heavy atom. The highest BCUT2D eigenvalue weighted by Gasteiger charge is 2.14. The molecule has 3 aromatic heterocycles. The molecule has 5 rings (SSSR count). The zero-order chi connectivity index (χ0) is 20.3. The van der Waals surface area contributed by atoms with Gasteiger partial charge in [-0.25, -0.2) is 14.4 Å². The van der Waals surface area contributed by atoms with Gasteiger partial charge in [0, 0.05) is 29.4 Å². The number of nitrogens with zero attached hydrogens (tertiary/aromatic N) is 3. The molecule has 1 aliphatic heterocycles. The van der Waals surface area contributed by atoms with Crippen LogP contribution in [0.15, 0.2) is 61.1 Å². The van der Waals surface area contributed by atoms with E-state index in [1.54, 1.807) is 24.7 Å². The molecule has 4 heterocycles. The highest BCUT2D eigenvalue weighted by Crippen LogP contribution is 2.30. The first kappa shape index (κ1) is 18.4. The van der Waals surface area contributed by atoms with Crippen LogP contribution < -0.4 is 10.1 Å². The van der Waals surface area contributed by atoms with Crippen molar-refractivity contribution in [3.8, 4) is 17.1 Å². The Kier molecular flexibility index (Phi) is 4.94. The maximum atomic E-state index is 13.4. The number of aromatic nitrogens is 4. The fourth-order valence-electron chi connectivity index (χ4n) is 3.62. The van der Waals surface area contributed by atoms with Gasteiger partial charge in [-0.2, -0.15) is 0 Å². The second kappa shape index (κ2) is 8.04. The SMILES string of the molecule is Fc1cccc(COc2cncc(-c3ccnc4[nH]c(C5=CCNCC5)cc34)n2)c1. The smallest absolute Gasteiger partial charge is 0.233 e. The summed E-state index contributed by atoms with van der Waals surface area (Å²) in [5, 5.41) is 4.32. The van der Waals surface area contributed by atoms with Crippen molar-refractivity contribution in [2.45, 2.75) is 13.0 Å². The van der Waals surface area contributed by atoms with Gasteiger partial charge >= 0.3 is 0 Å². The number of pyridine rings is 1. The second-order valence-corrected chi connectivity index (χ2v) is 7.15. The Hall–Kier alpha value is -3.58. The normalized spacial score (nSPS) is 14.0. The number of nitrogens with one attached hydrogen (secondary N) is 2. The van der Waals surface area contributed by atoms with Crippen molar-refractivity contribution in [3.05, 3.63) is 78.1 Å². The van der Waals surface area contributed by atoms with Gasteiger partial charge < -0.3 is 15.0 Å². The van der Waals surface area contributed by atoms with Crippen molar-refractivity contribution < 1.29 is 9.13 Å². The fraction of sp³-hybridized carbons (Fsp3) is 0.174. The maximum Gasteiger partial charge on any atom is 0.233 e. The minimum atomic E-state index is -0.290. The molecule has 0 unspecified atom stereocenters. The lowest BCUT2D eigenvalue weighted by Gasteiger charge is -2.12. The molecule has 7 heteroatoms. The number of fused-ring (bicyclic) bond motifs is 1. The van der Waals surface area contributed by atoms with Crippen LogP contribution in [0.2, 0.25) is 0 Å². The summed E-state index contributed by atoms with van der Waals surface area (Å²) in [6, 6.07) is 10.4. The minimum Gasteiger partial charge on any atom is -0.472 e. The summed E-state index contributed by atoms with van der Waals surface area (Å²) in [4.78, 5) is 16.8. The van der Waals surface area contributed by atoms with E-state index in [2.05, 4.69) is 37.4 Å². The van der Waals surface area contributed by atoms with Crippen LogP contribution >= 0.6 is 0 Å². The standard InChI is InChI=1S/C23H20FN5O/c24-17-3-1-2-15(10-17)14-30-22-13-26-12-21(28-22)18-6-9-27-23-19(18)11-20(29-23)16-4-7-25-8-5-16/h1-4,6,9-13,25H,5,7-8,14H2,(H,27,29). The van der Waals surface area contributed by atoms with Crippen LogP contribution in [0.5, 0.6) is 5.88 Å². The number of H-pyrrole nitrogens is 1. The summed E-state index contributed by atoms with van der Waals surface area (Å²) in [6.07, 6.45) is 8.21. The predicted octanol–water partition coefficient (Wildman–Crippen LogP) is 4.11.